The number of rotatable bonds is 8. The molecule has 2 aromatic carbocycles. The van der Waals surface area contributed by atoms with Crippen molar-refractivity contribution in [3.63, 3.8) is 0 Å². The van der Waals surface area contributed by atoms with Gasteiger partial charge in [-0.05, 0) is 75.3 Å². The summed E-state index contributed by atoms with van der Waals surface area (Å²) in [5, 5.41) is 4.91. The van der Waals surface area contributed by atoms with Gasteiger partial charge in [0.15, 0.2) is 0 Å². The van der Waals surface area contributed by atoms with Gasteiger partial charge in [0.05, 0.1) is 22.8 Å². The van der Waals surface area contributed by atoms with Crippen LogP contribution in [-0.2, 0) is 30.8 Å². The summed E-state index contributed by atoms with van der Waals surface area (Å²) in [6.07, 6.45) is 7.20. The van der Waals surface area contributed by atoms with Gasteiger partial charge in [0.25, 0.3) is 11.8 Å². The smallest absolute Gasteiger partial charge is 0.259 e. The third-order valence-electron chi connectivity index (χ3n) is 10.5. The summed E-state index contributed by atoms with van der Waals surface area (Å²) in [6, 6.07) is 6.80. The van der Waals surface area contributed by atoms with Crippen molar-refractivity contribution in [1.29, 1.82) is 0 Å². The first-order chi connectivity index (χ1) is 25.9. The maximum absolute atomic E-state index is 14.5. The lowest BCUT2D eigenvalue weighted by molar-refractivity contribution is -0.141. The van der Waals surface area contributed by atoms with Crippen molar-refractivity contribution in [2.75, 3.05) is 6.54 Å². The number of amides is 4. The van der Waals surface area contributed by atoms with Gasteiger partial charge in [-0.15, -0.1) is 0 Å². The Hall–Kier alpha value is -4.99. The number of benzene rings is 2. The zero-order valence-electron chi connectivity index (χ0n) is 29.7. The quantitative estimate of drug-likeness (QED) is 0.289. The molecule has 54 heavy (non-hydrogen) atoms. The van der Waals surface area contributed by atoms with E-state index < -0.39 is 80.2 Å². The van der Waals surface area contributed by atoms with Crippen LogP contribution in [0.1, 0.15) is 80.8 Å². The Morgan fingerprint density at radius 3 is 2.57 bits per heavy atom. The van der Waals surface area contributed by atoms with Crippen LogP contribution in [-0.4, -0.2) is 82.4 Å². The number of halogens is 2. The molecule has 0 radical (unpaired) electrons. The van der Waals surface area contributed by atoms with Crippen molar-refractivity contribution in [1.82, 2.24) is 30.2 Å². The second-order valence-corrected chi connectivity index (χ2v) is 16.5. The molecule has 3 fully saturated rings. The Kier molecular flexibility index (Phi) is 10.4. The van der Waals surface area contributed by atoms with Gasteiger partial charge in [-0.1, -0.05) is 38.0 Å². The lowest BCUT2D eigenvalue weighted by Gasteiger charge is -2.30. The Morgan fingerprint density at radius 2 is 1.81 bits per heavy atom. The van der Waals surface area contributed by atoms with Crippen LogP contribution in [0.2, 0.25) is 0 Å². The van der Waals surface area contributed by atoms with Crippen molar-refractivity contribution in [2.24, 2.45) is 5.92 Å². The van der Waals surface area contributed by atoms with Gasteiger partial charge in [0, 0.05) is 24.0 Å². The Bertz CT molecular complexity index is 2130. The van der Waals surface area contributed by atoms with Crippen LogP contribution in [0.3, 0.4) is 0 Å². The second-order valence-electron chi connectivity index (χ2n) is 14.5. The molecule has 3 heterocycles. The molecule has 286 valence electrons. The molecule has 7 rings (SSSR count). The number of aromatic nitrogens is 2. The molecule has 3 N–H and O–H groups in total. The molecule has 1 saturated heterocycles. The average Bonchev–Trinajstić information content (AvgIpc) is 4.07. The van der Waals surface area contributed by atoms with Crippen LogP contribution in [0.4, 0.5) is 8.78 Å². The van der Waals surface area contributed by atoms with Gasteiger partial charge < -0.3 is 20.3 Å². The molecule has 3 aromatic rings. The standard InChI is InChI=1S/C38H42F2N6O7S/c1-2-28-35(43-31-18-25(40)13-16-29(31)41-28)53-26-19-32-34(48)44-38(37(50)45-54(51,52)27-14-15-27)20-23(38)10-6-4-3-5-7-12-30(36(49)46(32)21-26)42-33(47)22-9-8-11-24(39)17-22/h6,8-11,13,16-18,23,26-27,30,32H,2-5,7,12,14-15,19-21H2,1H3,(H,42,47)(H,44,48)(H,45,50)/b10-6-/t23-,26-,30+,32+,38-/m1/s1. The molecule has 4 amide bonds. The molecule has 16 heteroatoms. The minimum absolute atomic E-state index is 0.0213. The summed E-state index contributed by atoms with van der Waals surface area (Å²) < 4.78 is 62.3. The van der Waals surface area contributed by atoms with E-state index >= 15 is 0 Å². The topological polar surface area (TPSA) is 177 Å². The number of aryl methyl sites for hydroxylation is 1. The van der Waals surface area contributed by atoms with E-state index in [1.165, 1.54) is 41.3 Å². The van der Waals surface area contributed by atoms with E-state index in [2.05, 4.69) is 25.3 Å². The van der Waals surface area contributed by atoms with Crippen molar-refractivity contribution >= 4 is 44.7 Å². The first kappa shape index (κ1) is 37.3. The zero-order valence-corrected chi connectivity index (χ0v) is 30.5. The summed E-state index contributed by atoms with van der Waals surface area (Å²) in [5.41, 5.74) is -0.336. The number of allylic oxidation sites excluding steroid dienone is 1. The van der Waals surface area contributed by atoms with Crippen molar-refractivity contribution in [2.45, 2.75) is 100 Å². The van der Waals surface area contributed by atoms with Gasteiger partial charge in [0.2, 0.25) is 27.7 Å². The third-order valence-corrected chi connectivity index (χ3v) is 12.3. The number of hydrogen-bond acceptors (Lipinski definition) is 9. The second kappa shape index (κ2) is 15.0. The lowest BCUT2D eigenvalue weighted by atomic mass is 10.0. The summed E-state index contributed by atoms with van der Waals surface area (Å²) in [7, 11) is -3.93. The highest BCUT2D eigenvalue weighted by Crippen LogP contribution is 2.46. The average molecular weight is 765 g/mol. The molecule has 0 unspecified atom stereocenters. The Labute approximate surface area is 311 Å². The predicted molar refractivity (Wildman–Crippen MR) is 192 cm³/mol. The van der Waals surface area contributed by atoms with Crippen LogP contribution in [0.15, 0.2) is 54.6 Å². The summed E-state index contributed by atoms with van der Waals surface area (Å²) in [4.78, 5) is 66.3. The summed E-state index contributed by atoms with van der Waals surface area (Å²) in [6.45, 7) is 1.73. The highest BCUT2D eigenvalue weighted by atomic mass is 32.2. The SMILES string of the molecule is CCc1nc2ccc(F)cc2nc1O[C@@H]1C[C@H]2C(=O)N[C@]3(C(=O)NS(=O)(=O)C4CC4)C[C@H]3/C=C\CCCCC[C@H](NC(=O)c3cccc(F)c3)C(=O)N2C1. The normalized spacial score (nSPS) is 26.8. The van der Waals surface area contributed by atoms with E-state index in [1.54, 1.807) is 0 Å². The van der Waals surface area contributed by atoms with Gasteiger partial charge in [0.1, 0.15) is 41.1 Å². The molecule has 2 saturated carbocycles. The summed E-state index contributed by atoms with van der Waals surface area (Å²) in [5.74, 6) is -4.27. The Morgan fingerprint density at radius 1 is 1.02 bits per heavy atom. The molecule has 5 atom stereocenters. The van der Waals surface area contributed by atoms with Crippen LogP contribution in [0, 0.1) is 17.6 Å². The maximum Gasteiger partial charge on any atom is 0.259 e. The van der Waals surface area contributed by atoms with Crippen LogP contribution >= 0.6 is 0 Å². The zero-order chi connectivity index (χ0) is 38.2. The third kappa shape index (κ3) is 7.93. The van der Waals surface area contributed by atoms with E-state index in [0.717, 1.165) is 12.5 Å². The number of carbonyl (C=O) groups is 4. The molecule has 4 aliphatic rings. The lowest BCUT2D eigenvalue weighted by Crippen LogP contribution is -2.58. The highest BCUT2D eigenvalue weighted by molar-refractivity contribution is 7.91. The molecule has 0 spiro atoms. The van der Waals surface area contributed by atoms with Crippen molar-refractivity contribution in [3.8, 4) is 5.88 Å². The number of nitrogens with one attached hydrogen (secondary N) is 3. The van der Waals surface area contributed by atoms with E-state index in [0.29, 0.717) is 49.7 Å². The fourth-order valence-corrected chi connectivity index (χ4v) is 8.61. The number of carbonyl (C=O) groups excluding carboxylic acids is 4. The number of fused-ring (bicyclic) bond motifs is 3. The molecule has 1 aromatic heterocycles. The number of sulfonamides is 1. The van der Waals surface area contributed by atoms with E-state index in [4.69, 9.17) is 4.74 Å². The first-order valence-electron chi connectivity index (χ1n) is 18.4. The molecule has 0 bridgehead atoms. The van der Waals surface area contributed by atoms with Crippen LogP contribution in [0.5, 0.6) is 5.88 Å². The first-order valence-corrected chi connectivity index (χ1v) is 20.0. The minimum Gasteiger partial charge on any atom is -0.471 e. The van der Waals surface area contributed by atoms with Crippen molar-refractivity contribution < 1.29 is 41.1 Å². The monoisotopic (exact) mass is 764 g/mol. The Balaban J connectivity index is 1.21. The van der Waals surface area contributed by atoms with Gasteiger partial charge >= 0.3 is 0 Å². The van der Waals surface area contributed by atoms with Gasteiger partial charge in [-0.2, -0.15) is 0 Å². The maximum atomic E-state index is 14.5. The number of nitrogens with zero attached hydrogens (tertiary/aromatic N) is 3. The van der Waals surface area contributed by atoms with Gasteiger partial charge in [-0.25, -0.2) is 27.2 Å². The fourth-order valence-electron chi connectivity index (χ4n) is 7.25. The van der Waals surface area contributed by atoms with Crippen molar-refractivity contribution in [3.05, 3.63) is 77.5 Å². The molecule has 2 aliphatic carbocycles. The number of hydrogen-bond donors (Lipinski definition) is 3. The van der Waals surface area contributed by atoms with E-state index in [9.17, 15) is 36.4 Å². The van der Waals surface area contributed by atoms with Crippen LogP contribution in [0.25, 0.3) is 11.0 Å². The summed E-state index contributed by atoms with van der Waals surface area (Å²) >= 11 is 0. The van der Waals surface area contributed by atoms with Crippen LogP contribution < -0.4 is 20.1 Å². The van der Waals surface area contributed by atoms with Gasteiger partial charge in [-0.3, -0.25) is 23.9 Å². The van der Waals surface area contributed by atoms with E-state index in [1.807, 2.05) is 19.1 Å². The molecule has 13 nitrogen and oxygen atoms in total. The molecular weight excluding hydrogens is 723 g/mol. The fraction of sp³-hybridized carbons (Fsp3) is 0.474. The largest absolute Gasteiger partial charge is 0.471 e. The van der Waals surface area contributed by atoms with E-state index in [-0.39, 0.29) is 42.8 Å². The predicted octanol–water partition coefficient (Wildman–Crippen LogP) is 3.62. The molecule has 2 aliphatic heterocycles. The highest BCUT2D eigenvalue weighted by Gasteiger charge is 2.62. The molecular formula is C38H42F2N6O7S. The minimum atomic E-state index is -3.93. The number of ether oxygens (including phenoxy) is 1.